The maximum absolute atomic E-state index is 13.6. The van der Waals surface area contributed by atoms with Gasteiger partial charge in [-0.05, 0) is 37.6 Å². The van der Waals surface area contributed by atoms with E-state index in [2.05, 4.69) is 5.32 Å². The number of carbonyl (C=O) groups excluding carboxylic acids is 2. The average molecular weight is 480 g/mol. The standard InChI is InChI=1S/C26H23Cl2N3O2/c1-16(2)31-22-11-7-6-10-19(22)24(18-8-4-3-5-9-18)30-25(26(31)33)29-23(32)15-17-12-13-20(27)21(28)14-17/h3-14,16,25H,15H2,1-2H3,(H,29,32). The number of rotatable bonds is 5. The summed E-state index contributed by atoms with van der Waals surface area (Å²) in [5.74, 6) is -0.622. The van der Waals surface area contributed by atoms with E-state index in [1.807, 2.05) is 68.4 Å². The lowest BCUT2D eigenvalue weighted by atomic mass is 10.00. The molecule has 0 aromatic heterocycles. The van der Waals surface area contributed by atoms with Gasteiger partial charge in [0, 0.05) is 17.2 Å². The quantitative estimate of drug-likeness (QED) is 0.541. The van der Waals surface area contributed by atoms with Crippen molar-refractivity contribution in [3.63, 3.8) is 0 Å². The van der Waals surface area contributed by atoms with Crippen molar-refractivity contribution in [2.24, 2.45) is 4.99 Å². The lowest BCUT2D eigenvalue weighted by Gasteiger charge is -2.29. The summed E-state index contributed by atoms with van der Waals surface area (Å²) >= 11 is 12.1. The van der Waals surface area contributed by atoms with Gasteiger partial charge in [0.05, 0.1) is 27.9 Å². The Morgan fingerprint density at radius 2 is 1.70 bits per heavy atom. The molecule has 1 atom stereocenters. The zero-order valence-electron chi connectivity index (χ0n) is 18.3. The van der Waals surface area contributed by atoms with Crippen LogP contribution in [-0.4, -0.2) is 29.7 Å². The van der Waals surface area contributed by atoms with Crippen LogP contribution in [0.15, 0.2) is 77.8 Å². The molecule has 4 rings (SSSR count). The molecule has 1 heterocycles. The van der Waals surface area contributed by atoms with Gasteiger partial charge in [0.25, 0.3) is 5.91 Å². The second-order valence-electron chi connectivity index (χ2n) is 8.06. The van der Waals surface area contributed by atoms with Crippen molar-refractivity contribution in [1.82, 2.24) is 5.32 Å². The highest BCUT2D eigenvalue weighted by Crippen LogP contribution is 2.30. The molecule has 168 valence electrons. The van der Waals surface area contributed by atoms with Crippen LogP contribution in [-0.2, 0) is 16.0 Å². The van der Waals surface area contributed by atoms with Crippen LogP contribution in [0.25, 0.3) is 0 Å². The fourth-order valence-electron chi connectivity index (χ4n) is 3.88. The third-order valence-electron chi connectivity index (χ3n) is 5.36. The Balaban J connectivity index is 1.72. The van der Waals surface area contributed by atoms with Crippen molar-refractivity contribution in [1.29, 1.82) is 0 Å². The SMILES string of the molecule is CC(C)N1C(=O)C(NC(=O)Cc2ccc(Cl)c(Cl)c2)N=C(c2ccccc2)c2ccccc21. The Kier molecular flexibility index (Phi) is 6.82. The van der Waals surface area contributed by atoms with Gasteiger partial charge < -0.3 is 10.2 Å². The molecule has 7 heteroatoms. The summed E-state index contributed by atoms with van der Waals surface area (Å²) in [6, 6.07) is 22.2. The first-order valence-corrected chi connectivity index (χ1v) is 11.4. The van der Waals surface area contributed by atoms with Crippen LogP contribution in [0.1, 0.15) is 30.5 Å². The molecular weight excluding hydrogens is 457 g/mol. The van der Waals surface area contributed by atoms with Crippen LogP contribution in [0, 0.1) is 0 Å². The van der Waals surface area contributed by atoms with E-state index in [1.165, 1.54) is 0 Å². The number of para-hydroxylation sites is 1. The molecule has 1 aliphatic rings. The number of anilines is 1. The van der Waals surface area contributed by atoms with Crippen molar-refractivity contribution >= 4 is 46.4 Å². The van der Waals surface area contributed by atoms with E-state index in [9.17, 15) is 9.59 Å². The summed E-state index contributed by atoms with van der Waals surface area (Å²) < 4.78 is 0. The number of benzodiazepines with no additional fused rings is 1. The first-order chi connectivity index (χ1) is 15.8. The molecule has 1 unspecified atom stereocenters. The van der Waals surface area contributed by atoms with Gasteiger partial charge in [-0.1, -0.05) is 77.8 Å². The third-order valence-corrected chi connectivity index (χ3v) is 6.10. The number of nitrogens with zero attached hydrogens (tertiary/aromatic N) is 2. The van der Waals surface area contributed by atoms with E-state index in [4.69, 9.17) is 28.2 Å². The highest BCUT2D eigenvalue weighted by Gasteiger charge is 2.34. The van der Waals surface area contributed by atoms with E-state index in [-0.39, 0.29) is 24.3 Å². The molecule has 1 aliphatic heterocycles. The predicted octanol–water partition coefficient (Wildman–Crippen LogP) is 5.27. The van der Waals surface area contributed by atoms with Crippen molar-refractivity contribution in [3.8, 4) is 0 Å². The Morgan fingerprint density at radius 1 is 1.00 bits per heavy atom. The maximum atomic E-state index is 13.6. The molecule has 0 fully saturated rings. The van der Waals surface area contributed by atoms with Crippen LogP contribution >= 0.6 is 23.2 Å². The van der Waals surface area contributed by atoms with Gasteiger partial charge in [-0.3, -0.25) is 9.59 Å². The Morgan fingerprint density at radius 3 is 2.39 bits per heavy atom. The lowest BCUT2D eigenvalue weighted by Crippen LogP contribution is -2.50. The number of fused-ring (bicyclic) bond motifs is 1. The smallest absolute Gasteiger partial charge is 0.272 e. The number of aliphatic imine (C=N–C) groups is 1. The maximum Gasteiger partial charge on any atom is 0.272 e. The minimum Gasteiger partial charge on any atom is -0.326 e. The first-order valence-electron chi connectivity index (χ1n) is 10.6. The lowest BCUT2D eigenvalue weighted by molar-refractivity contribution is -0.127. The Labute approximate surface area is 203 Å². The molecule has 0 saturated carbocycles. The molecule has 0 aliphatic carbocycles. The summed E-state index contributed by atoms with van der Waals surface area (Å²) in [7, 11) is 0. The number of hydrogen-bond donors (Lipinski definition) is 1. The molecule has 1 N–H and O–H groups in total. The third kappa shape index (κ3) is 4.95. The van der Waals surface area contributed by atoms with E-state index in [0.29, 0.717) is 21.3 Å². The number of nitrogens with one attached hydrogen (secondary N) is 1. The number of benzene rings is 3. The van der Waals surface area contributed by atoms with Crippen LogP contribution in [0.3, 0.4) is 0 Å². The van der Waals surface area contributed by atoms with Crippen LogP contribution in [0.4, 0.5) is 5.69 Å². The fourth-order valence-corrected chi connectivity index (χ4v) is 4.20. The minimum absolute atomic E-state index is 0.0471. The normalized spacial score (nSPS) is 15.7. The number of carbonyl (C=O) groups is 2. The van der Waals surface area contributed by atoms with E-state index in [0.717, 1.165) is 16.8 Å². The van der Waals surface area contributed by atoms with Crippen molar-refractivity contribution in [3.05, 3.63) is 99.5 Å². The molecule has 5 nitrogen and oxygen atoms in total. The Bertz CT molecular complexity index is 1230. The zero-order valence-corrected chi connectivity index (χ0v) is 19.8. The fraction of sp³-hybridized carbons (Fsp3) is 0.192. The summed E-state index contributed by atoms with van der Waals surface area (Å²) in [5.41, 5.74) is 3.82. The van der Waals surface area contributed by atoms with E-state index >= 15 is 0 Å². The summed E-state index contributed by atoms with van der Waals surface area (Å²) in [5, 5.41) is 3.61. The molecule has 33 heavy (non-hydrogen) atoms. The van der Waals surface area contributed by atoms with Crippen molar-refractivity contribution in [2.45, 2.75) is 32.5 Å². The highest BCUT2D eigenvalue weighted by molar-refractivity contribution is 6.42. The topological polar surface area (TPSA) is 61.8 Å². The molecular formula is C26H23Cl2N3O2. The van der Waals surface area contributed by atoms with Gasteiger partial charge >= 0.3 is 0 Å². The van der Waals surface area contributed by atoms with Gasteiger partial charge in [0.15, 0.2) is 0 Å². The van der Waals surface area contributed by atoms with E-state index < -0.39 is 6.17 Å². The molecule has 0 radical (unpaired) electrons. The summed E-state index contributed by atoms with van der Waals surface area (Å²) in [6.45, 7) is 3.88. The van der Waals surface area contributed by atoms with Gasteiger partial charge in [0.1, 0.15) is 0 Å². The van der Waals surface area contributed by atoms with Crippen LogP contribution in [0.2, 0.25) is 10.0 Å². The second kappa shape index (κ2) is 9.77. The van der Waals surface area contributed by atoms with Crippen LogP contribution < -0.4 is 10.2 Å². The number of hydrogen-bond acceptors (Lipinski definition) is 3. The average Bonchev–Trinajstić information content (AvgIpc) is 2.91. The van der Waals surface area contributed by atoms with Gasteiger partial charge in [-0.15, -0.1) is 0 Å². The zero-order chi connectivity index (χ0) is 23.5. The highest BCUT2D eigenvalue weighted by atomic mass is 35.5. The molecule has 0 bridgehead atoms. The van der Waals surface area contributed by atoms with Crippen molar-refractivity contribution < 1.29 is 9.59 Å². The first kappa shape index (κ1) is 23.0. The van der Waals surface area contributed by atoms with E-state index in [1.54, 1.807) is 23.1 Å². The monoisotopic (exact) mass is 479 g/mol. The minimum atomic E-state index is -1.06. The molecule has 3 aromatic carbocycles. The largest absolute Gasteiger partial charge is 0.326 e. The van der Waals surface area contributed by atoms with Crippen molar-refractivity contribution in [2.75, 3.05) is 4.90 Å². The molecule has 0 spiro atoms. The number of amides is 2. The van der Waals surface area contributed by atoms with Crippen LogP contribution in [0.5, 0.6) is 0 Å². The summed E-state index contributed by atoms with van der Waals surface area (Å²) in [6.07, 6.45) is -1.02. The van der Waals surface area contributed by atoms with Gasteiger partial charge in [0.2, 0.25) is 12.1 Å². The second-order valence-corrected chi connectivity index (χ2v) is 8.87. The molecule has 0 saturated heterocycles. The van der Waals surface area contributed by atoms with Gasteiger partial charge in [-0.2, -0.15) is 0 Å². The summed E-state index contributed by atoms with van der Waals surface area (Å²) in [4.78, 5) is 32.9. The predicted molar refractivity (Wildman–Crippen MR) is 133 cm³/mol. The Hall–Kier alpha value is -3.15. The molecule has 2 amide bonds. The molecule has 3 aromatic rings. The number of halogens is 2. The van der Waals surface area contributed by atoms with Gasteiger partial charge in [-0.25, -0.2) is 4.99 Å².